The molecule has 31 heavy (non-hydrogen) atoms. The molecule has 1 aliphatic rings. The number of carbonyl (C=O) groups excluding carboxylic acids is 1. The second kappa shape index (κ2) is 8.14. The van der Waals surface area contributed by atoms with E-state index in [0.717, 1.165) is 24.0 Å². The lowest BCUT2D eigenvalue weighted by atomic mass is 10.1. The summed E-state index contributed by atoms with van der Waals surface area (Å²) in [6.07, 6.45) is 1.92. The lowest BCUT2D eigenvalue weighted by Crippen LogP contribution is -2.27. The first kappa shape index (κ1) is 21.0. The normalized spacial score (nSPS) is 14.1. The van der Waals surface area contributed by atoms with Crippen LogP contribution in [0.1, 0.15) is 40.2 Å². The molecule has 0 radical (unpaired) electrons. The Bertz CT molecular complexity index is 1240. The molecule has 1 amide bonds. The third kappa shape index (κ3) is 4.32. The molecule has 162 valence electrons. The molecule has 2 aromatic carbocycles. The van der Waals surface area contributed by atoms with E-state index in [0.29, 0.717) is 29.9 Å². The SMILES string of the molecule is Cc1ccc(C)c(NS(=O)(=O)c2cc(-c3noc(C(=O)N4CCCC4)n3)ccc2C)c1. The summed E-state index contributed by atoms with van der Waals surface area (Å²) in [5.41, 5.74) is 3.35. The van der Waals surface area contributed by atoms with Crippen molar-refractivity contribution in [2.24, 2.45) is 0 Å². The van der Waals surface area contributed by atoms with Crippen LogP contribution < -0.4 is 4.72 Å². The molecule has 1 N–H and O–H groups in total. The Morgan fingerprint density at radius 3 is 2.48 bits per heavy atom. The maximum Gasteiger partial charge on any atom is 0.316 e. The zero-order valence-electron chi connectivity index (χ0n) is 17.7. The number of rotatable bonds is 5. The van der Waals surface area contributed by atoms with Crippen molar-refractivity contribution < 1.29 is 17.7 Å². The number of hydrogen-bond donors (Lipinski definition) is 1. The van der Waals surface area contributed by atoms with Crippen LogP contribution in [0.5, 0.6) is 0 Å². The van der Waals surface area contributed by atoms with Gasteiger partial charge >= 0.3 is 11.8 Å². The molecular formula is C22H24N4O4S. The number of anilines is 1. The Labute approximate surface area is 181 Å². The number of aryl methyl sites for hydroxylation is 3. The third-order valence-electron chi connectivity index (χ3n) is 5.38. The molecule has 0 spiro atoms. The Morgan fingerprint density at radius 2 is 1.74 bits per heavy atom. The molecule has 2 heterocycles. The second-order valence-electron chi connectivity index (χ2n) is 7.83. The zero-order valence-corrected chi connectivity index (χ0v) is 18.5. The number of likely N-dealkylation sites (tertiary alicyclic amines) is 1. The fourth-order valence-corrected chi connectivity index (χ4v) is 4.95. The molecule has 0 atom stereocenters. The van der Waals surface area contributed by atoms with Gasteiger partial charge in [-0.25, -0.2) is 8.42 Å². The van der Waals surface area contributed by atoms with E-state index in [4.69, 9.17) is 4.52 Å². The van der Waals surface area contributed by atoms with Gasteiger partial charge in [-0.3, -0.25) is 9.52 Å². The fraction of sp³-hybridized carbons (Fsp3) is 0.318. The van der Waals surface area contributed by atoms with Gasteiger partial charge in [0.05, 0.1) is 10.6 Å². The minimum atomic E-state index is -3.85. The molecule has 0 aliphatic carbocycles. The number of sulfonamides is 1. The Morgan fingerprint density at radius 1 is 1.03 bits per heavy atom. The van der Waals surface area contributed by atoms with Gasteiger partial charge in [0.25, 0.3) is 10.0 Å². The van der Waals surface area contributed by atoms with E-state index in [-0.39, 0.29) is 22.5 Å². The van der Waals surface area contributed by atoms with Crippen LogP contribution in [0.3, 0.4) is 0 Å². The van der Waals surface area contributed by atoms with Crippen molar-refractivity contribution in [1.82, 2.24) is 15.0 Å². The molecule has 0 saturated carbocycles. The first-order chi connectivity index (χ1) is 14.7. The number of benzene rings is 2. The molecule has 0 unspecified atom stereocenters. The van der Waals surface area contributed by atoms with Crippen LogP contribution in [0.4, 0.5) is 5.69 Å². The number of nitrogens with one attached hydrogen (secondary N) is 1. The van der Waals surface area contributed by atoms with Crippen LogP contribution >= 0.6 is 0 Å². The van der Waals surface area contributed by atoms with Gasteiger partial charge in [0.15, 0.2) is 0 Å². The summed E-state index contributed by atoms with van der Waals surface area (Å²) in [4.78, 5) is 18.5. The average molecular weight is 441 g/mol. The van der Waals surface area contributed by atoms with Crippen LogP contribution in [0, 0.1) is 20.8 Å². The lowest BCUT2D eigenvalue weighted by Gasteiger charge is -2.13. The largest absolute Gasteiger partial charge is 0.334 e. The minimum absolute atomic E-state index is 0.0876. The molecule has 1 aliphatic heterocycles. The van der Waals surface area contributed by atoms with Crippen molar-refractivity contribution in [3.63, 3.8) is 0 Å². The van der Waals surface area contributed by atoms with E-state index >= 15 is 0 Å². The van der Waals surface area contributed by atoms with Crippen molar-refractivity contribution >= 4 is 21.6 Å². The van der Waals surface area contributed by atoms with E-state index in [1.165, 1.54) is 6.07 Å². The summed E-state index contributed by atoms with van der Waals surface area (Å²) < 4.78 is 34.1. The predicted molar refractivity (Wildman–Crippen MR) is 116 cm³/mol. The Kier molecular flexibility index (Phi) is 5.53. The summed E-state index contributed by atoms with van der Waals surface area (Å²) in [5, 5.41) is 3.89. The molecule has 1 saturated heterocycles. The Balaban J connectivity index is 1.64. The van der Waals surface area contributed by atoms with Gasteiger partial charge in [-0.2, -0.15) is 4.98 Å². The molecule has 1 aromatic heterocycles. The summed E-state index contributed by atoms with van der Waals surface area (Å²) in [7, 11) is -3.85. The van der Waals surface area contributed by atoms with Crippen LogP contribution in [0.15, 0.2) is 45.8 Å². The molecule has 0 bridgehead atoms. The van der Waals surface area contributed by atoms with E-state index in [2.05, 4.69) is 14.9 Å². The number of amides is 1. The van der Waals surface area contributed by atoms with E-state index < -0.39 is 10.0 Å². The maximum absolute atomic E-state index is 13.1. The molecular weight excluding hydrogens is 416 g/mol. The van der Waals surface area contributed by atoms with Gasteiger partial charge in [-0.15, -0.1) is 0 Å². The van der Waals surface area contributed by atoms with Crippen LogP contribution in [-0.4, -0.2) is 42.5 Å². The number of hydrogen-bond acceptors (Lipinski definition) is 6. The van der Waals surface area contributed by atoms with Gasteiger partial charge < -0.3 is 9.42 Å². The molecule has 4 rings (SSSR count). The first-order valence-electron chi connectivity index (χ1n) is 10.1. The third-order valence-corrected chi connectivity index (χ3v) is 6.88. The monoisotopic (exact) mass is 440 g/mol. The second-order valence-corrected chi connectivity index (χ2v) is 9.48. The van der Waals surface area contributed by atoms with Gasteiger partial charge in [0.2, 0.25) is 5.82 Å². The van der Waals surface area contributed by atoms with Crippen molar-refractivity contribution in [2.45, 2.75) is 38.5 Å². The van der Waals surface area contributed by atoms with Crippen molar-refractivity contribution in [1.29, 1.82) is 0 Å². The standard InChI is InChI=1S/C22H24N4O4S/c1-14-6-7-15(2)18(12-14)25-31(28,29)19-13-17(9-8-16(19)3)20-23-21(30-24-20)22(27)26-10-4-5-11-26/h6-9,12-13,25H,4-5,10-11H2,1-3H3. The van der Waals surface area contributed by atoms with Crippen molar-refractivity contribution in [2.75, 3.05) is 17.8 Å². The van der Waals surface area contributed by atoms with Gasteiger partial charge in [0, 0.05) is 18.7 Å². The van der Waals surface area contributed by atoms with Crippen molar-refractivity contribution in [3.05, 3.63) is 59.0 Å². The number of nitrogens with zero attached hydrogens (tertiary/aromatic N) is 3. The topological polar surface area (TPSA) is 105 Å². The van der Waals surface area contributed by atoms with E-state index in [9.17, 15) is 13.2 Å². The minimum Gasteiger partial charge on any atom is -0.334 e. The maximum atomic E-state index is 13.1. The fourth-order valence-electron chi connectivity index (χ4n) is 3.56. The molecule has 9 heteroatoms. The summed E-state index contributed by atoms with van der Waals surface area (Å²) in [5.74, 6) is -0.214. The predicted octanol–water partition coefficient (Wildman–Crippen LogP) is 3.70. The Hall–Kier alpha value is -3.20. The highest BCUT2D eigenvalue weighted by molar-refractivity contribution is 7.92. The average Bonchev–Trinajstić information content (AvgIpc) is 3.42. The van der Waals surface area contributed by atoms with Crippen molar-refractivity contribution in [3.8, 4) is 11.4 Å². The smallest absolute Gasteiger partial charge is 0.316 e. The molecule has 8 nitrogen and oxygen atoms in total. The van der Waals surface area contributed by atoms with Gasteiger partial charge in [-0.05, 0) is 62.4 Å². The number of aromatic nitrogens is 2. The first-order valence-corrected chi connectivity index (χ1v) is 11.6. The van der Waals surface area contributed by atoms with Crippen LogP contribution in [0.2, 0.25) is 0 Å². The quantitative estimate of drug-likeness (QED) is 0.649. The zero-order chi connectivity index (χ0) is 22.2. The van der Waals surface area contributed by atoms with E-state index in [1.807, 2.05) is 26.0 Å². The van der Waals surface area contributed by atoms with Gasteiger partial charge in [0.1, 0.15) is 0 Å². The highest BCUT2D eigenvalue weighted by Crippen LogP contribution is 2.27. The van der Waals surface area contributed by atoms with Gasteiger partial charge in [-0.1, -0.05) is 29.4 Å². The molecule has 1 fully saturated rings. The van der Waals surface area contributed by atoms with Crippen LogP contribution in [-0.2, 0) is 10.0 Å². The summed E-state index contributed by atoms with van der Waals surface area (Å²) in [6.45, 7) is 6.82. The summed E-state index contributed by atoms with van der Waals surface area (Å²) >= 11 is 0. The number of carbonyl (C=O) groups is 1. The van der Waals surface area contributed by atoms with Crippen LogP contribution in [0.25, 0.3) is 11.4 Å². The molecule has 3 aromatic rings. The lowest BCUT2D eigenvalue weighted by molar-refractivity contribution is 0.0743. The highest BCUT2D eigenvalue weighted by Gasteiger charge is 2.26. The summed E-state index contributed by atoms with van der Waals surface area (Å²) in [6, 6.07) is 10.5. The van der Waals surface area contributed by atoms with E-state index in [1.54, 1.807) is 30.0 Å². The highest BCUT2D eigenvalue weighted by atomic mass is 32.2.